The molecule has 330 valence electrons. The zero-order chi connectivity index (χ0) is 42.3. The van der Waals surface area contributed by atoms with Crippen LogP contribution in [0.25, 0.3) is 0 Å². The minimum absolute atomic E-state index is 0.101. The summed E-state index contributed by atoms with van der Waals surface area (Å²) in [5.41, 5.74) is 0. The second kappa shape index (κ2) is 46.3. The number of esters is 3. The maximum Gasteiger partial charge on any atom is 0.306 e. The summed E-state index contributed by atoms with van der Waals surface area (Å²) in [6.45, 7) is 6.43. The fourth-order valence-electron chi connectivity index (χ4n) is 6.06. The molecule has 0 rings (SSSR count). The van der Waals surface area contributed by atoms with E-state index in [4.69, 9.17) is 14.2 Å². The van der Waals surface area contributed by atoms with Gasteiger partial charge in [-0.1, -0.05) is 189 Å². The first-order valence-corrected chi connectivity index (χ1v) is 23.7. The molecule has 0 radical (unpaired) electrons. The van der Waals surface area contributed by atoms with Gasteiger partial charge in [-0.2, -0.15) is 0 Å². The summed E-state index contributed by atoms with van der Waals surface area (Å²) in [5, 5.41) is 0. The molecule has 0 aliphatic rings. The molecular weight excluding hydrogens is 721 g/mol. The van der Waals surface area contributed by atoms with Gasteiger partial charge in [-0.05, 0) is 83.5 Å². The minimum Gasteiger partial charge on any atom is -0.462 e. The van der Waals surface area contributed by atoms with Crippen molar-refractivity contribution >= 4 is 17.9 Å². The summed E-state index contributed by atoms with van der Waals surface area (Å²) in [7, 11) is 0. The van der Waals surface area contributed by atoms with Gasteiger partial charge in [-0.3, -0.25) is 14.4 Å². The van der Waals surface area contributed by atoms with Crippen LogP contribution in [-0.4, -0.2) is 37.2 Å². The van der Waals surface area contributed by atoms with Crippen molar-refractivity contribution in [3.8, 4) is 0 Å². The molecule has 0 amide bonds. The lowest BCUT2D eigenvalue weighted by molar-refractivity contribution is -0.167. The highest BCUT2D eigenvalue weighted by Gasteiger charge is 2.19. The molecule has 1 atom stereocenters. The standard InChI is InChI=1S/C52H86O6/c1-4-7-10-13-16-19-22-23-24-25-26-27-28-31-33-36-39-42-45-51(54)57-48-49(58-52(55)46-43-40-37-34-30-21-18-15-12-9-6-3)47-56-50(53)44-41-38-35-32-29-20-17-14-11-8-5-2/h14-19,21-27,30,49H,4-13,20,28-29,31-48H2,1-3H3/b17-14-,18-15-,19-16-,23-22-,25-24-,27-26-,30-21-. The van der Waals surface area contributed by atoms with Crippen LogP contribution in [0.1, 0.15) is 207 Å². The number of carbonyl (C=O) groups excluding carboxylic acids is 3. The molecule has 0 aliphatic carbocycles. The molecule has 6 nitrogen and oxygen atoms in total. The molecule has 0 aromatic heterocycles. The number of carbonyl (C=O) groups is 3. The van der Waals surface area contributed by atoms with E-state index in [1.807, 2.05) is 0 Å². The third-order valence-corrected chi connectivity index (χ3v) is 9.71. The topological polar surface area (TPSA) is 78.9 Å². The maximum absolute atomic E-state index is 12.7. The molecule has 0 fully saturated rings. The second-order valence-corrected chi connectivity index (χ2v) is 15.4. The average molecular weight is 807 g/mol. The van der Waals surface area contributed by atoms with Crippen molar-refractivity contribution in [2.45, 2.75) is 213 Å². The van der Waals surface area contributed by atoms with E-state index in [0.29, 0.717) is 12.8 Å². The fraction of sp³-hybridized carbons (Fsp3) is 0.673. The number of allylic oxidation sites excluding steroid dienone is 14. The Bertz CT molecular complexity index is 1160. The van der Waals surface area contributed by atoms with E-state index in [1.54, 1.807) is 0 Å². The van der Waals surface area contributed by atoms with Crippen LogP contribution in [0, 0.1) is 0 Å². The van der Waals surface area contributed by atoms with Crippen molar-refractivity contribution in [3.63, 3.8) is 0 Å². The highest BCUT2D eigenvalue weighted by atomic mass is 16.6. The van der Waals surface area contributed by atoms with Crippen LogP contribution in [0.2, 0.25) is 0 Å². The summed E-state index contributed by atoms with van der Waals surface area (Å²) in [6.07, 6.45) is 58.5. The molecular formula is C52H86O6. The van der Waals surface area contributed by atoms with Gasteiger partial charge < -0.3 is 14.2 Å². The lowest BCUT2D eigenvalue weighted by atomic mass is 10.1. The first-order chi connectivity index (χ1) is 28.5. The van der Waals surface area contributed by atoms with Crippen LogP contribution in [0.5, 0.6) is 0 Å². The zero-order valence-electron chi connectivity index (χ0n) is 37.5. The molecule has 0 heterocycles. The Morgan fingerprint density at radius 1 is 0.345 bits per heavy atom. The van der Waals surface area contributed by atoms with E-state index in [1.165, 1.54) is 57.8 Å². The molecule has 0 N–H and O–H groups in total. The summed E-state index contributed by atoms with van der Waals surface area (Å²) >= 11 is 0. The number of unbranched alkanes of at least 4 members (excludes halogenated alkanes) is 20. The number of hydrogen-bond acceptors (Lipinski definition) is 6. The molecule has 58 heavy (non-hydrogen) atoms. The Labute approximate surface area is 356 Å². The van der Waals surface area contributed by atoms with Crippen molar-refractivity contribution in [1.82, 2.24) is 0 Å². The third-order valence-electron chi connectivity index (χ3n) is 9.71. The van der Waals surface area contributed by atoms with E-state index < -0.39 is 6.10 Å². The van der Waals surface area contributed by atoms with Gasteiger partial charge in [0.1, 0.15) is 13.2 Å². The molecule has 0 aromatic carbocycles. The monoisotopic (exact) mass is 807 g/mol. The smallest absolute Gasteiger partial charge is 0.306 e. The summed E-state index contributed by atoms with van der Waals surface area (Å²) < 4.78 is 16.7. The van der Waals surface area contributed by atoms with Crippen LogP contribution in [0.15, 0.2) is 85.1 Å². The van der Waals surface area contributed by atoms with Gasteiger partial charge in [0.2, 0.25) is 0 Å². The average Bonchev–Trinajstić information content (AvgIpc) is 3.22. The predicted octanol–water partition coefficient (Wildman–Crippen LogP) is 15.3. The van der Waals surface area contributed by atoms with Crippen LogP contribution in [0.4, 0.5) is 0 Å². The minimum atomic E-state index is -0.802. The lowest BCUT2D eigenvalue weighted by Crippen LogP contribution is -2.30. The molecule has 0 saturated carbocycles. The van der Waals surface area contributed by atoms with Crippen LogP contribution >= 0.6 is 0 Å². The molecule has 6 heteroatoms. The molecule has 0 saturated heterocycles. The van der Waals surface area contributed by atoms with Gasteiger partial charge in [0, 0.05) is 19.3 Å². The third kappa shape index (κ3) is 43.7. The van der Waals surface area contributed by atoms with Gasteiger partial charge in [-0.15, -0.1) is 0 Å². The van der Waals surface area contributed by atoms with Crippen molar-refractivity contribution in [3.05, 3.63) is 85.1 Å². The highest BCUT2D eigenvalue weighted by molar-refractivity contribution is 5.71. The summed E-state index contributed by atoms with van der Waals surface area (Å²) in [5.74, 6) is -0.969. The van der Waals surface area contributed by atoms with Gasteiger partial charge in [-0.25, -0.2) is 0 Å². The zero-order valence-corrected chi connectivity index (χ0v) is 37.5. The van der Waals surface area contributed by atoms with Crippen LogP contribution < -0.4 is 0 Å². The Balaban J connectivity index is 4.45. The fourth-order valence-corrected chi connectivity index (χ4v) is 6.06. The van der Waals surface area contributed by atoms with E-state index in [9.17, 15) is 14.4 Å². The Hall–Kier alpha value is -3.41. The first kappa shape index (κ1) is 54.6. The van der Waals surface area contributed by atoms with Crippen LogP contribution in [0.3, 0.4) is 0 Å². The van der Waals surface area contributed by atoms with Gasteiger partial charge in [0.25, 0.3) is 0 Å². The number of hydrogen-bond donors (Lipinski definition) is 0. The molecule has 0 aromatic rings. The Kier molecular flexibility index (Phi) is 43.6. The van der Waals surface area contributed by atoms with E-state index >= 15 is 0 Å². The quantitative estimate of drug-likeness (QED) is 0.0201. The second-order valence-electron chi connectivity index (χ2n) is 15.4. The maximum atomic E-state index is 12.7. The SMILES string of the molecule is CCCC/C=C\C=C/CCCCCC(=O)OC(COC(=O)CCCCCCC\C=C/C=C\C=C/C=C\CCCCC)COC(=O)CCCCCCC/C=C\CCCC. The van der Waals surface area contributed by atoms with Gasteiger partial charge >= 0.3 is 17.9 Å². The summed E-state index contributed by atoms with van der Waals surface area (Å²) in [6, 6.07) is 0. The summed E-state index contributed by atoms with van der Waals surface area (Å²) in [4.78, 5) is 37.8. The lowest BCUT2D eigenvalue weighted by Gasteiger charge is -2.18. The number of rotatable bonds is 41. The normalized spacial score (nSPS) is 12.8. The number of ether oxygens (including phenoxy) is 3. The van der Waals surface area contributed by atoms with Crippen LogP contribution in [-0.2, 0) is 28.6 Å². The molecule has 1 unspecified atom stereocenters. The Morgan fingerprint density at radius 2 is 0.655 bits per heavy atom. The predicted molar refractivity (Wildman–Crippen MR) is 247 cm³/mol. The van der Waals surface area contributed by atoms with Crippen molar-refractivity contribution in [2.75, 3.05) is 13.2 Å². The molecule has 0 spiro atoms. The van der Waals surface area contributed by atoms with E-state index in [2.05, 4.69) is 106 Å². The van der Waals surface area contributed by atoms with Gasteiger partial charge in [0.15, 0.2) is 6.10 Å². The molecule has 0 aliphatic heterocycles. The van der Waals surface area contributed by atoms with Crippen molar-refractivity contribution in [2.24, 2.45) is 0 Å². The molecule has 0 bridgehead atoms. The highest BCUT2D eigenvalue weighted by Crippen LogP contribution is 2.12. The Morgan fingerprint density at radius 3 is 1.12 bits per heavy atom. The van der Waals surface area contributed by atoms with Gasteiger partial charge in [0.05, 0.1) is 0 Å². The van der Waals surface area contributed by atoms with E-state index in [0.717, 1.165) is 109 Å². The van der Waals surface area contributed by atoms with Crippen molar-refractivity contribution < 1.29 is 28.6 Å². The first-order valence-electron chi connectivity index (χ1n) is 23.7. The van der Waals surface area contributed by atoms with E-state index in [-0.39, 0.29) is 37.5 Å². The largest absolute Gasteiger partial charge is 0.462 e. The van der Waals surface area contributed by atoms with Crippen molar-refractivity contribution in [1.29, 1.82) is 0 Å².